The topological polar surface area (TPSA) is 8.81 Å². The zero-order valence-corrected chi connectivity index (χ0v) is 14.1. The number of imidazole rings is 1. The van der Waals surface area contributed by atoms with Gasteiger partial charge in [-0.1, -0.05) is 55.3 Å². The Morgan fingerprint density at radius 3 is 2.64 bits per heavy atom. The predicted octanol–water partition coefficient (Wildman–Crippen LogP) is 1.09. The van der Waals surface area contributed by atoms with Crippen LogP contribution in [0.5, 0.6) is 0 Å². The van der Waals surface area contributed by atoms with Crippen molar-refractivity contribution in [2.24, 2.45) is 0 Å². The zero-order chi connectivity index (χ0) is 14.7. The maximum atomic E-state index is 2.38. The number of hydrogen-bond acceptors (Lipinski definition) is 0. The molecule has 3 rings (SSSR count). The van der Waals surface area contributed by atoms with Crippen LogP contribution in [0.1, 0.15) is 30.9 Å². The van der Waals surface area contributed by atoms with Gasteiger partial charge in [0, 0.05) is 0 Å². The molecule has 0 saturated carbocycles. The Kier molecular flexibility index (Phi) is 5.62. The summed E-state index contributed by atoms with van der Waals surface area (Å²) >= 11 is 0. The summed E-state index contributed by atoms with van der Waals surface area (Å²) in [5.41, 5.74) is 5.33. The van der Waals surface area contributed by atoms with Crippen molar-refractivity contribution in [2.75, 3.05) is 0 Å². The zero-order valence-electron chi connectivity index (χ0n) is 13.3. The van der Waals surface area contributed by atoms with Gasteiger partial charge in [0.1, 0.15) is 6.54 Å². The summed E-state index contributed by atoms with van der Waals surface area (Å²) in [6.07, 6.45) is 4.72. The number of rotatable bonds is 5. The molecule has 1 heterocycles. The SMILES string of the molecule is CCCCn1c[n+](Cc2cccc(C)c2)c2ccccc21.[Cl-]. The molecule has 116 valence electrons. The highest BCUT2D eigenvalue weighted by atomic mass is 35.5. The van der Waals surface area contributed by atoms with Gasteiger partial charge in [-0.25, -0.2) is 9.13 Å². The highest BCUT2D eigenvalue weighted by Gasteiger charge is 2.14. The first-order valence-corrected chi connectivity index (χ1v) is 7.81. The molecule has 0 aliphatic carbocycles. The summed E-state index contributed by atoms with van der Waals surface area (Å²) in [4.78, 5) is 0. The maximum Gasteiger partial charge on any atom is 0.245 e. The Bertz CT molecular complexity index is 746. The quantitative estimate of drug-likeness (QED) is 0.624. The Hall–Kier alpha value is -1.80. The third kappa shape index (κ3) is 3.50. The van der Waals surface area contributed by atoms with Crippen LogP contribution in [0.2, 0.25) is 0 Å². The van der Waals surface area contributed by atoms with Crippen LogP contribution in [0.4, 0.5) is 0 Å². The van der Waals surface area contributed by atoms with Gasteiger partial charge in [-0.2, -0.15) is 0 Å². The van der Waals surface area contributed by atoms with E-state index >= 15 is 0 Å². The van der Waals surface area contributed by atoms with E-state index < -0.39 is 0 Å². The number of hydrogen-bond donors (Lipinski definition) is 0. The average molecular weight is 315 g/mol. The number of nitrogens with zero attached hydrogens (tertiary/aromatic N) is 2. The van der Waals surface area contributed by atoms with Crippen LogP contribution in [0.15, 0.2) is 54.9 Å². The van der Waals surface area contributed by atoms with E-state index in [1.807, 2.05) is 0 Å². The van der Waals surface area contributed by atoms with Crippen molar-refractivity contribution in [3.63, 3.8) is 0 Å². The summed E-state index contributed by atoms with van der Waals surface area (Å²) in [7, 11) is 0. The number of unbranched alkanes of at least 4 members (excludes halogenated alkanes) is 1. The second-order valence-electron chi connectivity index (χ2n) is 5.77. The Labute approximate surface area is 138 Å². The first-order chi connectivity index (χ1) is 10.3. The summed E-state index contributed by atoms with van der Waals surface area (Å²) in [5.74, 6) is 0. The summed E-state index contributed by atoms with van der Waals surface area (Å²) < 4.78 is 4.74. The highest BCUT2D eigenvalue weighted by Crippen LogP contribution is 2.13. The number of para-hydroxylation sites is 2. The minimum absolute atomic E-state index is 0. The monoisotopic (exact) mass is 314 g/mol. The fraction of sp³-hybridized carbons (Fsp3) is 0.316. The van der Waals surface area contributed by atoms with Gasteiger partial charge >= 0.3 is 0 Å². The Morgan fingerprint density at radius 2 is 1.86 bits per heavy atom. The van der Waals surface area contributed by atoms with E-state index in [4.69, 9.17) is 0 Å². The number of halogens is 1. The van der Waals surface area contributed by atoms with Gasteiger partial charge in [0.2, 0.25) is 6.33 Å². The Morgan fingerprint density at radius 1 is 1.05 bits per heavy atom. The predicted molar refractivity (Wildman–Crippen MR) is 87.3 cm³/mol. The number of aromatic nitrogens is 2. The summed E-state index contributed by atoms with van der Waals surface area (Å²) in [5, 5.41) is 0. The van der Waals surface area contributed by atoms with Crippen molar-refractivity contribution in [1.29, 1.82) is 0 Å². The minimum atomic E-state index is 0. The van der Waals surface area contributed by atoms with E-state index in [0.29, 0.717) is 0 Å². The molecule has 2 nitrogen and oxygen atoms in total. The normalized spacial score (nSPS) is 10.6. The molecule has 0 aliphatic rings. The molecule has 1 aromatic heterocycles. The molecule has 0 bridgehead atoms. The van der Waals surface area contributed by atoms with Gasteiger partial charge in [0.05, 0.1) is 6.54 Å². The molecule has 0 unspecified atom stereocenters. The molecule has 0 spiro atoms. The van der Waals surface area contributed by atoms with Crippen molar-refractivity contribution < 1.29 is 17.0 Å². The van der Waals surface area contributed by atoms with Crippen LogP contribution in [0, 0.1) is 6.92 Å². The molecule has 0 saturated heterocycles. The fourth-order valence-electron chi connectivity index (χ4n) is 2.88. The second kappa shape index (κ2) is 7.46. The van der Waals surface area contributed by atoms with Crippen molar-refractivity contribution in [2.45, 2.75) is 39.8 Å². The molecule has 0 aliphatic heterocycles. The molecule has 3 aromatic rings. The summed E-state index contributed by atoms with van der Waals surface area (Å²) in [6.45, 7) is 6.42. The third-order valence-corrected chi connectivity index (χ3v) is 3.97. The number of benzene rings is 2. The lowest BCUT2D eigenvalue weighted by molar-refractivity contribution is -0.663. The van der Waals surface area contributed by atoms with Gasteiger partial charge in [-0.3, -0.25) is 0 Å². The van der Waals surface area contributed by atoms with E-state index in [2.05, 4.69) is 77.8 Å². The van der Waals surface area contributed by atoms with E-state index in [9.17, 15) is 0 Å². The first kappa shape index (κ1) is 16.6. The van der Waals surface area contributed by atoms with Crippen molar-refractivity contribution in [3.05, 3.63) is 66.0 Å². The van der Waals surface area contributed by atoms with Crippen LogP contribution >= 0.6 is 0 Å². The molecule has 0 radical (unpaired) electrons. The van der Waals surface area contributed by atoms with Crippen molar-refractivity contribution >= 4 is 11.0 Å². The van der Waals surface area contributed by atoms with Gasteiger partial charge in [-0.15, -0.1) is 0 Å². The lowest BCUT2D eigenvalue weighted by atomic mass is 10.1. The van der Waals surface area contributed by atoms with E-state index in [0.717, 1.165) is 13.1 Å². The van der Waals surface area contributed by atoms with Gasteiger partial charge in [0.15, 0.2) is 11.0 Å². The second-order valence-corrected chi connectivity index (χ2v) is 5.77. The van der Waals surface area contributed by atoms with Crippen LogP contribution < -0.4 is 17.0 Å². The van der Waals surface area contributed by atoms with Gasteiger partial charge in [-0.05, 0) is 31.0 Å². The third-order valence-electron chi connectivity index (χ3n) is 3.97. The molecular formula is C19H23ClN2. The molecule has 0 atom stereocenters. The number of fused-ring (bicyclic) bond motifs is 1. The largest absolute Gasteiger partial charge is 1.00 e. The van der Waals surface area contributed by atoms with Crippen molar-refractivity contribution in [1.82, 2.24) is 4.57 Å². The van der Waals surface area contributed by atoms with Crippen molar-refractivity contribution in [3.8, 4) is 0 Å². The van der Waals surface area contributed by atoms with E-state index in [1.165, 1.54) is 35.0 Å². The number of aryl methyl sites for hydroxylation is 2. The van der Waals surface area contributed by atoms with Gasteiger partial charge < -0.3 is 12.4 Å². The smallest absolute Gasteiger partial charge is 0.245 e. The lowest BCUT2D eigenvalue weighted by Gasteiger charge is -2.00. The average Bonchev–Trinajstić information content (AvgIpc) is 2.84. The molecule has 0 amide bonds. The first-order valence-electron chi connectivity index (χ1n) is 7.81. The van der Waals surface area contributed by atoms with E-state index in [-0.39, 0.29) is 12.4 Å². The minimum Gasteiger partial charge on any atom is -1.00 e. The van der Waals surface area contributed by atoms with E-state index in [1.54, 1.807) is 0 Å². The highest BCUT2D eigenvalue weighted by molar-refractivity contribution is 5.71. The molecular weight excluding hydrogens is 292 g/mol. The lowest BCUT2D eigenvalue weighted by Crippen LogP contribution is -3.00. The summed E-state index contributed by atoms with van der Waals surface area (Å²) in [6, 6.07) is 17.5. The molecule has 0 fully saturated rings. The molecule has 3 heteroatoms. The van der Waals surface area contributed by atoms with Gasteiger partial charge in [0.25, 0.3) is 0 Å². The standard InChI is InChI=1S/C19H23N2.ClH/c1-3-4-12-20-15-21(19-11-6-5-10-18(19)20)14-17-9-7-8-16(2)13-17;/h5-11,13,15H,3-4,12,14H2,1-2H3;1H/q+1;/p-1. The fourth-order valence-corrected chi connectivity index (χ4v) is 2.88. The maximum absolute atomic E-state index is 2.38. The van der Waals surface area contributed by atoms with Crippen LogP contribution in [0.3, 0.4) is 0 Å². The molecule has 0 N–H and O–H groups in total. The molecule has 2 aromatic carbocycles. The van der Waals surface area contributed by atoms with Crippen LogP contribution in [-0.4, -0.2) is 4.57 Å². The Balaban J connectivity index is 0.00000176. The molecule has 22 heavy (non-hydrogen) atoms. The van der Waals surface area contributed by atoms with Crippen LogP contribution in [0.25, 0.3) is 11.0 Å². The van der Waals surface area contributed by atoms with Crippen LogP contribution in [-0.2, 0) is 13.1 Å².